The summed E-state index contributed by atoms with van der Waals surface area (Å²) in [5.41, 5.74) is 4.47. The Bertz CT molecular complexity index is 326. The second kappa shape index (κ2) is 4.76. The molecule has 0 aliphatic rings. The minimum atomic E-state index is 0.690. The molecule has 0 saturated carbocycles. The average molecular weight is 195 g/mol. The molecule has 0 unspecified atom stereocenters. The Labute approximate surface area is 84.0 Å². The highest BCUT2D eigenvalue weighted by molar-refractivity contribution is 5.96. The van der Waals surface area contributed by atoms with E-state index in [1.165, 1.54) is 0 Å². The number of hydrogen-bond donors (Lipinski definition) is 2. The number of amidine groups is 1. The number of aromatic nitrogens is 2. The van der Waals surface area contributed by atoms with Crippen molar-refractivity contribution < 1.29 is 0 Å². The standard InChI is InChI=1S/C9H17N5/c1-4-5-11-9(12-10)8-6-7(2)13-14(8)3/h6H,4-5,10H2,1-3H3,(H,11,12). The Balaban J connectivity index is 2.94. The molecular formula is C9H17N5. The fourth-order valence-corrected chi connectivity index (χ4v) is 1.26. The SMILES string of the molecule is CCCN=C(NN)c1cc(C)nn1C. The number of nitrogens with two attached hydrogens (primary N) is 1. The van der Waals surface area contributed by atoms with Crippen LogP contribution in [0, 0.1) is 6.92 Å². The molecule has 0 spiro atoms. The molecule has 0 fully saturated rings. The van der Waals surface area contributed by atoms with Gasteiger partial charge in [-0.25, -0.2) is 5.84 Å². The predicted octanol–water partition coefficient (Wildman–Crippen LogP) is 0.348. The molecule has 0 amide bonds. The smallest absolute Gasteiger partial charge is 0.161 e. The number of nitrogens with one attached hydrogen (secondary N) is 1. The van der Waals surface area contributed by atoms with E-state index in [4.69, 9.17) is 5.84 Å². The molecule has 0 atom stereocenters. The van der Waals surface area contributed by atoms with E-state index in [2.05, 4.69) is 22.4 Å². The minimum absolute atomic E-state index is 0.690. The van der Waals surface area contributed by atoms with Crippen LogP contribution in [-0.4, -0.2) is 22.2 Å². The Morgan fingerprint density at radius 1 is 1.71 bits per heavy atom. The monoisotopic (exact) mass is 195 g/mol. The Morgan fingerprint density at radius 3 is 2.86 bits per heavy atom. The van der Waals surface area contributed by atoms with Crippen molar-refractivity contribution in [1.82, 2.24) is 15.2 Å². The molecule has 0 aliphatic carbocycles. The maximum Gasteiger partial charge on any atom is 0.161 e. The van der Waals surface area contributed by atoms with Gasteiger partial charge in [0, 0.05) is 13.6 Å². The Kier molecular flexibility index (Phi) is 3.64. The van der Waals surface area contributed by atoms with Gasteiger partial charge in [0.15, 0.2) is 5.84 Å². The van der Waals surface area contributed by atoms with Crippen molar-refractivity contribution in [2.75, 3.05) is 6.54 Å². The predicted molar refractivity (Wildman–Crippen MR) is 57.0 cm³/mol. The zero-order valence-corrected chi connectivity index (χ0v) is 8.91. The van der Waals surface area contributed by atoms with Gasteiger partial charge >= 0.3 is 0 Å². The summed E-state index contributed by atoms with van der Waals surface area (Å²) in [4.78, 5) is 4.32. The maximum absolute atomic E-state index is 5.40. The molecule has 1 aromatic heterocycles. The van der Waals surface area contributed by atoms with Gasteiger partial charge in [0.2, 0.25) is 0 Å². The van der Waals surface area contributed by atoms with Crippen molar-refractivity contribution in [1.29, 1.82) is 0 Å². The van der Waals surface area contributed by atoms with E-state index in [9.17, 15) is 0 Å². The molecule has 1 rings (SSSR count). The van der Waals surface area contributed by atoms with E-state index in [1.807, 2.05) is 20.0 Å². The van der Waals surface area contributed by atoms with Crippen LogP contribution in [0.3, 0.4) is 0 Å². The zero-order valence-electron chi connectivity index (χ0n) is 8.91. The van der Waals surface area contributed by atoms with Crippen molar-refractivity contribution in [2.45, 2.75) is 20.3 Å². The Morgan fingerprint density at radius 2 is 2.43 bits per heavy atom. The maximum atomic E-state index is 5.40. The van der Waals surface area contributed by atoms with Gasteiger partial charge in [-0.05, 0) is 19.4 Å². The second-order valence-corrected chi connectivity index (χ2v) is 3.17. The molecule has 0 aromatic carbocycles. The van der Waals surface area contributed by atoms with Gasteiger partial charge in [-0.2, -0.15) is 5.10 Å². The molecule has 5 nitrogen and oxygen atoms in total. The van der Waals surface area contributed by atoms with Crippen molar-refractivity contribution in [3.63, 3.8) is 0 Å². The summed E-state index contributed by atoms with van der Waals surface area (Å²) in [5, 5.41) is 4.23. The molecule has 3 N–H and O–H groups in total. The summed E-state index contributed by atoms with van der Waals surface area (Å²) >= 11 is 0. The van der Waals surface area contributed by atoms with Gasteiger partial charge < -0.3 is 5.43 Å². The zero-order chi connectivity index (χ0) is 10.6. The Hall–Kier alpha value is -1.36. The molecule has 5 heteroatoms. The molecule has 1 heterocycles. The van der Waals surface area contributed by atoms with E-state index in [1.54, 1.807) is 4.68 Å². The van der Waals surface area contributed by atoms with Crippen molar-refractivity contribution in [3.05, 3.63) is 17.5 Å². The van der Waals surface area contributed by atoms with Crippen molar-refractivity contribution in [2.24, 2.45) is 17.9 Å². The lowest BCUT2D eigenvalue weighted by atomic mass is 10.3. The first-order valence-corrected chi connectivity index (χ1v) is 4.71. The van der Waals surface area contributed by atoms with Crippen LogP contribution < -0.4 is 11.3 Å². The molecule has 0 radical (unpaired) electrons. The van der Waals surface area contributed by atoms with Gasteiger partial charge in [0.1, 0.15) is 5.69 Å². The number of aryl methyl sites for hydroxylation is 2. The molecule has 1 aromatic rings. The van der Waals surface area contributed by atoms with E-state index in [-0.39, 0.29) is 0 Å². The highest BCUT2D eigenvalue weighted by Crippen LogP contribution is 2.02. The first-order valence-electron chi connectivity index (χ1n) is 4.71. The summed E-state index contributed by atoms with van der Waals surface area (Å²) < 4.78 is 1.77. The number of nitrogens with zero attached hydrogens (tertiary/aromatic N) is 3. The molecule has 0 bridgehead atoms. The molecule has 0 saturated heterocycles. The summed E-state index contributed by atoms with van der Waals surface area (Å²) in [5.74, 6) is 6.09. The highest BCUT2D eigenvalue weighted by atomic mass is 15.3. The van der Waals surface area contributed by atoms with Crippen LogP contribution in [0.1, 0.15) is 24.7 Å². The van der Waals surface area contributed by atoms with Crippen LogP contribution in [0.4, 0.5) is 0 Å². The van der Waals surface area contributed by atoms with E-state index >= 15 is 0 Å². The molecule has 14 heavy (non-hydrogen) atoms. The van der Waals surface area contributed by atoms with Gasteiger partial charge in [-0.3, -0.25) is 9.67 Å². The third kappa shape index (κ3) is 2.32. The summed E-state index contributed by atoms with van der Waals surface area (Å²) in [6.07, 6.45) is 1.00. The van der Waals surface area contributed by atoms with Crippen molar-refractivity contribution >= 4 is 5.84 Å². The molecular weight excluding hydrogens is 178 g/mol. The van der Waals surface area contributed by atoms with Gasteiger partial charge in [-0.1, -0.05) is 6.92 Å². The number of aliphatic imine (C=N–C) groups is 1. The third-order valence-electron chi connectivity index (χ3n) is 1.87. The fraction of sp³-hybridized carbons (Fsp3) is 0.556. The molecule has 78 valence electrons. The third-order valence-corrected chi connectivity index (χ3v) is 1.87. The van der Waals surface area contributed by atoms with Crippen LogP contribution in [0.2, 0.25) is 0 Å². The van der Waals surface area contributed by atoms with Crippen LogP contribution in [0.5, 0.6) is 0 Å². The van der Waals surface area contributed by atoms with Crippen LogP contribution in [0.25, 0.3) is 0 Å². The number of hydrogen-bond acceptors (Lipinski definition) is 3. The minimum Gasteiger partial charge on any atom is -0.307 e. The van der Waals surface area contributed by atoms with E-state index < -0.39 is 0 Å². The van der Waals surface area contributed by atoms with Crippen LogP contribution in [-0.2, 0) is 7.05 Å². The van der Waals surface area contributed by atoms with Gasteiger partial charge in [0.25, 0.3) is 0 Å². The normalized spacial score (nSPS) is 11.9. The topological polar surface area (TPSA) is 68.2 Å². The number of rotatable bonds is 3. The quantitative estimate of drug-likeness (QED) is 0.316. The highest BCUT2D eigenvalue weighted by Gasteiger charge is 2.07. The first kappa shape index (κ1) is 10.7. The van der Waals surface area contributed by atoms with E-state index in [0.29, 0.717) is 5.84 Å². The van der Waals surface area contributed by atoms with Gasteiger partial charge in [0.05, 0.1) is 5.69 Å². The van der Waals surface area contributed by atoms with E-state index in [0.717, 1.165) is 24.4 Å². The summed E-state index contributed by atoms with van der Waals surface area (Å²) in [7, 11) is 1.88. The first-order chi connectivity index (χ1) is 6.69. The average Bonchev–Trinajstić information content (AvgIpc) is 2.47. The van der Waals surface area contributed by atoms with Crippen molar-refractivity contribution in [3.8, 4) is 0 Å². The van der Waals surface area contributed by atoms with Gasteiger partial charge in [-0.15, -0.1) is 0 Å². The lowest BCUT2D eigenvalue weighted by Gasteiger charge is -2.04. The largest absolute Gasteiger partial charge is 0.307 e. The molecule has 0 aliphatic heterocycles. The van der Waals surface area contributed by atoms with Crippen LogP contribution in [0.15, 0.2) is 11.1 Å². The van der Waals surface area contributed by atoms with Crippen LogP contribution >= 0.6 is 0 Å². The number of hydrazine groups is 1. The summed E-state index contributed by atoms with van der Waals surface area (Å²) in [6, 6.07) is 1.95. The lowest BCUT2D eigenvalue weighted by Crippen LogP contribution is -2.32. The lowest BCUT2D eigenvalue weighted by molar-refractivity contribution is 0.742. The summed E-state index contributed by atoms with van der Waals surface area (Å²) in [6.45, 7) is 4.79. The fourth-order valence-electron chi connectivity index (χ4n) is 1.26. The second-order valence-electron chi connectivity index (χ2n) is 3.17.